The van der Waals surface area contributed by atoms with Crippen LogP contribution in [0.15, 0.2) is 108 Å². The summed E-state index contributed by atoms with van der Waals surface area (Å²) in [5.41, 5.74) is 6.28. The van der Waals surface area contributed by atoms with E-state index in [0.717, 1.165) is 253 Å². The van der Waals surface area contributed by atoms with Crippen LogP contribution in [0.3, 0.4) is 0 Å². The number of hydrogen-bond acceptors (Lipinski definition) is 25. The second-order valence-corrected chi connectivity index (χ2v) is 36.4. The lowest BCUT2D eigenvalue weighted by atomic mass is 10.1. The highest BCUT2D eigenvalue weighted by molar-refractivity contribution is 6.00. The highest BCUT2D eigenvalue weighted by Gasteiger charge is 2.44. The molecule has 3 atom stereocenters. The molecular formula is C111H160F3N9O21. The predicted molar refractivity (Wildman–Crippen MR) is 550 cm³/mol. The molecule has 0 radical (unpaired) electrons. The Kier molecular flexibility index (Phi) is 57.8. The predicted octanol–water partition coefficient (Wildman–Crippen LogP) is 21.6. The Morgan fingerprint density at radius 3 is 1.04 bits per heavy atom. The van der Waals surface area contributed by atoms with E-state index in [4.69, 9.17) is 62.6 Å². The first-order valence-electron chi connectivity index (χ1n) is 53.0. The Morgan fingerprint density at radius 2 is 0.701 bits per heavy atom. The maximum absolute atomic E-state index is 15.4. The minimum atomic E-state index is -5.47. The maximum Gasteiger partial charge on any atom is 0.471 e. The number of alkyl halides is 3. The van der Waals surface area contributed by atoms with Crippen molar-refractivity contribution in [3.05, 3.63) is 147 Å². The van der Waals surface area contributed by atoms with Crippen molar-refractivity contribution in [2.45, 2.75) is 356 Å². The van der Waals surface area contributed by atoms with E-state index in [0.29, 0.717) is 109 Å². The number of H-pyrrole nitrogens is 1. The lowest BCUT2D eigenvalue weighted by molar-refractivity contribution is -0.170. The number of unbranched alkanes of at least 4 members (excludes halogenated alkanes) is 24. The van der Waals surface area contributed by atoms with Crippen molar-refractivity contribution in [3.8, 4) is 46.0 Å². The molecule has 2 aromatic heterocycles. The Hall–Kier alpha value is -11.9. The van der Waals surface area contributed by atoms with Gasteiger partial charge in [-0.25, -0.2) is 19.6 Å². The molecule has 4 amide bonds. The number of nitrogen functional groups attached to an aromatic ring is 1. The summed E-state index contributed by atoms with van der Waals surface area (Å²) < 4.78 is 117. The number of aromatic nitrogens is 4. The van der Waals surface area contributed by atoms with Crippen LogP contribution in [0, 0.1) is 0 Å². The molecule has 0 aliphatic heterocycles. The van der Waals surface area contributed by atoms with Gasteiger partial charge in [-0.3, -0.25) is 43.4 Å². The minimum absolute atomic E-state index is 0.0677. The number of anilines is 2. The van der Waals surface area contributed by atoms with Crippen molar-refractivity contribution in [3.63, 3.8) is 0 Å². The zero-order chi connectivity index (χ0) is 104. The van der Waals surface area contributed by atoms with Gasteiger partial charge in [0.1, 0.15) is 18.1 Å². The molecule has 0 saturated carbocycles. The van der Waals surface area contributed by atoms with Crippen LogP contribution in [0.1, 0.15) is 338 Å². The number of halogens is 3. The smallest absolute Gasteiger partial charge is 0.471 e. The van der Waals surface area contributed by atoms with Gasteiger partial charge in [-0.2, -0.15) is 18.2 Å². The van der Waals surface area contributed by atoms with Crippen LogP contribution in [0.4, 0.5) is 24.8 Å². The molecule has 6 N–H and O–H groups in total. The van der Waals surface area contributed by atoms with Crippen molar-refractivity contribution >= 4 is 70.3 Å². The Balaban J connectivity index is 1.21. The number of ether oxygens (including phenoxy) is 12. The average molecular weight is 2010 g/mol. The highest BCUT2D eigenvalue weighted by Crippen LogP contribution is 2.35. The molecule has 0 aliphatic rings. The van der Waals surface area contributed by atoms with Crippen molar-refractivity contribution in [1.82, 2.24) is 35.9 Å². The number of rotatable bonds is 79. The van der Waals surface area contributed by atoms with Gasteiger partial charge in [0.05, 0.1) is 97.7 Å². The van der Waals surface area contributed by atoms with E-state index in [1.807, 2.05) is 66.7 Å². The summed E-state index contributed by atoms with van der Waals surface area (Å²) in [6.45, 7) is 19.4. The average Bonchev–Trinajstić information content (AvgIpc) is 0.795. The van der Waals surface area contributed by atoms with Crippen LogP contribution in [-0.2, 0) is 84.7 Å². The van der Waals surface area contributed by atoms with E-state index >= 15 is 4.79 Å². The molecular weight excluding hydrogens is 1850 g/mol. The fourth-order valence-electron chi connectivity index (χ4n) is 15.7. The SMILES string of the molecule is CCCCCCOc1ccc(CCOC(=O)CCC(NC(=O)CCC(NC(=O)c2ccc(N(Cc3cnc4nc(N)[nH]c(=O)c4n3)C(=O)C(F)(F)F)cc2)C(=O)NC(CCC(=O)OCCc2ccc(OCCCCCC)c(OCCCCCC)c2)C(=O)OCCc2ccc(OCCCCCC)c(OCCCCCC)c2)C(=O)OCCc2ccc(OCCCCCC)c(OCCCCCC)c2)cc1OCCCCCC. The molecule has 0 fully saturated rings. The highest BCUT2D eigenvalue weighted by atomic mass is 19.4. The first-order valence-corrected chi connectivity index (χ1v) is 53.0. The number of benzene rings is 5. The fraction of sp³-hybridized carbons (Fsp3) is 0.604. The van der Waals surface area contributed by atoms with Gasteiger partial charge in [-0.1, -0.05) is 234 Å². The monoisotopic (exact) mass is 2010 g/mol. The molecule has 7 rings (SSSR count). The zero-order valence-electron chi connectivity index (χ0n) is 86.5. The largest absolute Gasteiger partial charge is 0.490 e. The molecule has 0 spiro atoms. The standard InChI is InChI=1S/C111H160F3N9O21/c1-9-17-25-33-63-133-91-52-41-81(75-95(91)137-67-37-29-21-13-5)59-71-141-100(125)57-50-89(107(130)143-73-61-83-43-54-93(135-65-35-27-19-11-3)97(77-83)139-69-39-31-23-15-7)118-99(124)56-49-88(119-104(127)85-45-47-87(48-46-85)123(109(132)111(112,113)114)80-86-79-116-103-102(117-86)106(129)122-110(115)121-103)105(128)120-90(108(131)144-74-62-84-44-55-94(136-66-36-28-20-12-4)98(78-84)140-70-40-32-24-16-8)51-58-101(126)142-72-60-82-42-53-92(134-64-34-26-18-10-2)96(76-82)138-68-38-30-22-14-6/h41-48,52-55,75-79,88-90H,9-40,49-51,56-74,80H2,1-8H3,(H,118,124)(H,119,127)(H,120,128)(H3,115,116,121,122,129). The van der Waals surface area contributed by atoms with Gasteiger partial charge in [0.15, 0.2) is 57.2 Å². The summed E-state index contributed by atoms with van der Waals surface area (Å²) in [6, 6.07) is 21.3. The van der Waals surface area contributed by atoms with Crippen LogP contribution >= 0.6 is 0 Å². The fourth-order valence-corrected chi connectivity index (χ4v) is 15.7. The maximum atomic E-state index is 15.4. The van der Waals surface area contributed by atoms with Gasteiger partial charge in [-0.05, 0) is 166 Å². The van der Waals surface area contributed by atoms with Gasteiger partial charge in [0.2, 0.25) is 17.8 Å². The molecule has 0 bridgehead atoms. The van der Waals surface area contributed by atoms with Crippen LogP contribution in [0.5, 0.6) is 46.0 Å². The van der Waals surface area contributed by atoms with Crippen molar-refractivity contribution < 1.29 is 108 Å². The van der Waals surface area contributed by atoms with Crippen LogP contribution in [0.25, 0.3) is 11.2 Å². The van der Waals surface area contributed by atoms with Gasteiger partial charge in [-0.15, -0.1) is 0 Å². The van der Waals surface area contributed by atoms with E-state index in [-0.39, 0.29) is 86.9 Å². The molecule has 5 aromatic carbocycles. The summed E-state index contributed by atoms with van der Waals surface area (Å²) in [7, 11) is 0. The molecule has 796 valence electrons. The van der Waals surface area contributed by atoms with Crippen molar-refractivity contribution in [2.24, 2.45) is 0 Å². The summed E-state index contributed by atoms with van der Waals surface area (Å²) in [5, 5.41) is 7.99. The molecule has 0 aliphatic carbocycles. The number of nitrogens with zero attached hydrogens (tertiary/aromatic N) is 4. The van der Waals surface area contributed by atoms with Gasteiger partial charge in [0, 0.05) is 56.2 Å². The third-order valence-corrected chi connectivity index (χ3v) is 24.2. The Morgan fingerprint density at radius 1 is 0.375 bits per heavy atom. The lowest BCUT2D eigenvalue weighted by Gasteiger charge is -2.24. The Labute approximate surface area is 849 Å². The third kappa shape index (κ3) is 46.4. The van der Waals surface area contributed by atoms with Crippen molar-refractivity contribution in [1.29, 1.82) is 0 Å². The number of esters is 4. The number of nitrogens with one attached hydrogen (secondary N) is 4. The van der Waals surface area contributed by atoms with Gasteiger partial charge in [0.25, 0.3) is 11.5 Å². The molecule has 30 nitrogen and oxygen atoms in total. The van der Waals surface area contributed by atoms with E-state index in [9.17, 15) is 51.5 Å². The number of nitrogens with two attached hydrogens (primary N) is 1. The second-order valence-electron chi connectivity index (χ2n) is 36.4. The topological polar surface area (TPSA) is 384 Å². The summed E-state index contributed by atoms with van der Waals surface area (Å²) >= 11 is 0. The van der Waals surface area contributed by atoms with Crippen LogP contribution < -0.4 is 70.0 Å². The number of carbonyl (C=O) groups excluding carboxylic acids is 8. The number of fused-ring (bicyclic) bond motifs is 1. The van der Waals surface area contributed by atoms with Gasteiger partial charge >= 0.3 is 36.0 Å². The first kappa shape index (κ1) is 119. The van der Waals surface area contributed by atoms with Crippen molar-refractivity contribution in [2.75, 3.05) is 89.9 Å². The minimum Gasteiger partial charge on any atom is -0.490 e. The summed E-state index contributed by atoms with van der Waals surface area (Å²) in [5.74, 6) is -4.56. The molecule has 33 heteroatoms. The van der Waals surface area contributed by atoms with E-state index < -0.39 is 122 Å². The first-order chi connectivity index (χ1) is 69.9. The third-order valence-electron chi connectivity index (χ3n) is 24.2. The van der Waals surface area contributed by atoms with E-state index in [1.165, 1.54) is 0 Å². The van der Waals surface area contributed by atoms with E-state index in [1.54, 1.807) is 6.07 Å². The quantitative estimate of drug-likeness (QED) is 0.0134. The number of aromatic amines is 1. The van der Waals surface area contributed by atoms with Crippen LogP contribution in [-0.4, -0.2) is 171 Å². The van der Waals surface area contributed by atoms with Gasteiger partial charge < -0.3 is 78.5 Å². The summed E-state index contributed by atoms with van der Waals surface area (Å²) in [4.78, 5) is 144. The normalized spacial score (nSPS) is 11.9. The molecule has 144 heavy (non-hydrogen) atoms. The zero-order valence-corrected chi connectivity index (χ0v) is 86.5. The Bertz CT molecular complexity index is 5000. The molecule has 0 saturated heterocycles. The van der Waals surface area contributed by atoms with E-state index in [2.05, 4.69) is 91.3 Å². The second kappa shape index (κ2) is 69.9. The number of carbonyl (C=O) groups is 8. The lowest BCUT2D eigenvalue weighted by Crippen LogP contribution is -2.52. The van der Waals surface area contributed by atoms with Crippen LogP contribution in [0.2, 0.25) is 0 Å². The molecule has 7 aromatic rings. The molecule has 3 unspecified atom stereocenters. The number of hydrogen-bond donors (Lipinski definition) is 5. The number of amides is 4. The summed E-state index contributed by atoms with van der Waals surface area (Å²) in [6.07, 6.45) is 25.4. The molecule has 2 heterocycles.